The third-order valence-corrected chi connectivity index (χ3v) is 9.83. The van der Waals surface area contributed by atoms with E-state index < -0.39 is 5.97 Å². The van der Waals surface area contributed by atoms with Crippen molar-refractivity contribution in [2.75, 3.05) is 0 Å². The van der Waals surface area contributed by atoms with Crippen LogP contribution in [-0.2, 0) is 14.3 Å². The monoisotopic (exact) mass is 651 g/mol. The summed E-state index contributed by atoms with van der Waals surface area (Å²) in [6.45, 7) is 4.56. The number of hydrogen-bond acceptors (Lipinski definition) is 3. The molecule has 0 aliphatic heterocycles. The second-order valence-corrected chi connectivity index (χ2v) is 14.5. The first-order chi connectivity index (χ1) is 22.6. The van der Waals surface area contributed by atoms with Crippen molar-refractivity contribution in [3.05, 3.63) is 0 Å². The van der Waals surface area contributed by atoms with Gasteiger partial charge in [0.05, 0.1) is 0 Å². The van der Waals surface area contributed by atoms with E-state index in [0.29, 0.717) is 12.8 Å². The minimum absolute atomic E-state index is 0.0281. The van der Waals surface area contributed by atoms with Crippen molar-refractivity contribution in [1.29, 1.82) is 0 Å². The van der Waals surface area contributed by atoms with Gasteiger partial charge in [-0.3, -0.25) is 9.59 Å². The maximum Gasteiger partial charge on any atom is 0.306 e. The number of hydrogen-bond donors (Lipinski definition) is 1. The van der Waals surface area contributed by atoms with Crippen molar-refractivity contribution in [3.8, 4) is 0 Å². The Labute approximate surface area is 288 Å². The Hall–Kier alpha value is -1.06. The van der Waals surface area contributed by atoms with Gasteiger partial charge in [-0.25, -0.2) is 0 Å². The first kappa shape index (κ1) is 44.9. The fourth-order valence-electron chi connectivity index (χ4n) is 6.72. The molecule has 1 N–H and O–H groups in total. The van der Waals surface area contributed by atoms with Crippen LogP contribution in [0.5, 0.6) is 0 Å². The molecule has 0 heterocycles. The molecule has 0 aromatic carbocycles. The van der Waals surface area contributed by atoms with Crippen molar-refractivity contribution in [1.82, 2.24) is 0 Å². The van der Waals surface area contributed by atoms with Gasteiger partial charge in [-0.05, 0) is 38.5 Å². The molecule has 0 aromatic heterocycles. The highest BCUT2D eigenvalue weighted by atomic mass is 16.5. The van der Waals surface area contributed by atoms with Gasteiger partial charge in [-0.2, -0.15) is 0 Å². The van der Waals surface area contributed by atoms with Crippen LogP contribution in [0.1, 0.15) is 251 Å². The van der Waals surface area contributed by atoms with E-state index in [2.05, 4.69) is 13.8 Å². The van der Waals surface area contributed by atoms with Crippen LogP contribution >= 0.6 is 0 Å². The SMILES string of the molecule is CCCCCCCCCCCCCCCCCCCC(=O)OC(CCCCCCCCCCC)CCCCCCCCCC(=O)O. The van der Waals surface area contributed by atoms with E-state index >= 15 is 0 Å². The van der Waals surface area contributed by atoms with Crippen LogP contribution < -0.4 is 0 Å². The highest BCUT2D eigenvalue weighted by Crippen LogP contribution is 2.19. The largest absolute Gasteiger partial charge is 0.481 e. The van der Waals surface area contributed by atoms with Gasteiger partial charge in [-0.1, -0.05) is 200 Å². The first-order valence-electron chi connectivity index (χ1n) is 21.0. The predicted molar refractivity (Wildman–Crippen MR) is 200 cm³/mol. The predicted octanol–water partition coefficient (Wildman–Crippen LogP) is 14.5. The van der Waals surface area contributed by atoms with E-state index in [9.17, 15) is 9.59 Å². The van der Waals surface area contributed by atoms with Crippen molar-refractivity contribution in [3.63, 3.8) is 0 Å². The lowest BCUT2D eigenvalue weighted by atomic mass is 10.0. The molecule has 0 fully saturated rings. The molecular formula is C42H82O4. The number of rotatable bonds is 39. The number of unbranched alkanes of at least 4 members (excludes halogenated alkanes) is 30. The summed E-state index contributed by atoms with van der Waals surface area (Å²) in [4.78, 5) is 23.3. The van der Waals surface area contributed by atoms with Gasteiger partial charge in [0.2, 0.25) is 0 Å². The molecule has 0 aliphatic carbocycles. The normalized spacial score (nSPS) is 12.0. The molecule has 46 heavy (non-hydrogen) atoms. The van der Waals surface area contributed by atoms with E-state index in [1.807, 2.05) is 0 Å². The number of aliphatic carboxylic acids is 1. The average molecular weight is 651 g/mol. The molecule has 1 unspecified atom stereocenters. The molecule has 0 aromatic rings. The summed E-state index contributed by atoms with van der Waals surface area (Å²) in [5, 5.41) is 8.77. The second kappa shape index (κ2) is 38.4. The third kappa shape index (κ3) is 37.4. The summed E-state index contributed by atoms with van der Waals surface area (Å²) in [7, 11) is 0. The van der Waals surface area contributed by atoms with Crippen LogP contribution in [0.25, 0.3) is 0 Å². The summed E-state index contributed by atoms with van der Waals surface area (Å²) in [6, 6.07) is 0. The quantitative estimate of drug-likeness (QED) is 0.0531. The Kier molecular flexibility index (Phi) is 37.5. The Balaban J connectivity index is 3.93. The van der Waals surface area contributed by atoms with Crippen LogP contribution in [0, 0.1) is 0 Å². The number of carboxylic acids is 1. The number of carbonyl (C=O) groups is 2. The van der Waals surface area contributed by atoms with Gasteiger partial charge >= 0.3 is 11.9 Å². The number of ether oxygens (including phenoxy) is 1. The van der Waals surface area contributed by atoms with Crippen molar-refractivity contribution in [2.24, 2.45) is 0 Å². The van der Waals surface area contributed by atoms with E-state index in [1.165, 1.54) is 173 Å². The number of carboxylic acid groups (broad SMARTS) is 1. The highest BCUT2D eigenvalue weighted by Gasteiger charge is 2.14. The molecule has 0 bridgehead atoms. The van der Waals surface area contributed by atoms with E-state index in [0.717, 1.165) is 51.4 Å². The molecule has 4 heteroatoms. The Bertz CT molecular complexity index is 619. The van der Waals surface area contributed by atoms with Gasteiger partial charge < -0.3 is 9.84 Å². The molecule has 0 radical (unpaired) electrons. The molecule has 1 atom stereocenters. The minimum Gasteiger partial charge on any atom is -0.481 e. The van der Waals surface area contributed by atoms with Crippen molar-refractivity contribution >= 4 is 11.9 Å². The molecule has 0 spiro atoms. The van der Waals surface area contributed by atoms with Crippen LogP contribution in [0.2, 0.25) is 0 Å². The average Bonchev–Trinajstić information content (AvgIpc) is 3.04. The second-order valence-electron chi connectivity index (χ2n) is 14.5. The van der Waals surface area contributed by atoms with Gasteiger partial charge in [-0.15, -0.1) is 0 Å². The lowest BCUT2D eigenvalue weighted by molar-refractivity contribution is -0.150. The Morgan fingerprint density at radius 2 is 0.652 bits per heavy atom. The van der Waals surface area contributed by atoms with Gasteiger partial charge in [0.25, 0.3) is 0 Å². The molecule has 0 saturated carbocycles. The summed E-state index contributed by atoms with van der Waals surface area (Å²) in [5.74, 6) is -0.655. The summed E-state index contributed by atoms with van der Waals surface area (Å²) < 4.78 is 6.04. The lowest BCUT2D eigenvalue weighted by Gasteiger charge is -2.18. The first-order valence-corrected chi connectivity index (χ1v) is 21.0. The van der Waals surface area contributed by atoms with Gasteiger partial charge in [0, 0.05) is 12.8 Å². The zero-order valence-electron chi connectivity index (χ0n) is 31.4. The molecular weight excluding hydrogens is 568 g/mol. The number of esters is 1. The molecule has 4 nitrogen and oxygen atoms in total. The molecule has 0 aliphatic rings. The standard InChI is InChI=1S/C42H82O4/c1-3-5-7-9-11-13-14-15-16-17-18-19-20-22-27-31-35-39-42(45)46-40(36-32-28-24-21-12-10-8-6-4-2)37-33-29-25-23-26-30-34-38-41(43)44/h40H,3-39H2,1-2H3,(H,43,44). The fraction of sp³-hybridized carbons (Fsp3) is 0.952. The van der Waals surface area contributed by atoms with Crippen molar-refractivity contribution < 1.29 is 19.4 Å². The summed E-state index contributed by atoms with van der Waals surface area (Å²) in [6.07, 6.45) is 45.6. The topological polar surface area (TPSA) is 63.6 Å². The van der Waals surface area contributed by atoms with Crippen LogP contribution in [-0.4, -0.2) is 23.1 Å². The van der Waals surface area contributed by atoms with Crippen LogP contribution in [0.15, 0.2) is 0 Å². The van der Waals surface area contributed by atoms with Crippen LogP contribution in [0.3, 0.4) is 0 Å². The van der Waals surface area contributed by atoms with Gasteiger partial charge in [0.15, 0.2) is 0 Å². The zero-order valence-corrected chi connectivity index (χ0v) is 31.4. The lowest BCUT2D eigenvalue weighted by Crippen LogP contribution is -2.18. The zero-order chi connectivity index (χ0) is 33.6. The molecule has 0 amide bonds. The Morgan fingerprint density at radius 3 is 0.957 bits per heavy atom. The smallest absolute Gasteiger partial charge is 0.306 e. The molecule has 0 rings (SSSR count). The summed E-state index contributed by atoms with van der Waals surface area (Å²) >= 11 is 0. The van der Waals surface area contributed by atoms with E-state index in [1.54, 1.807) is 0 Å². The van der Waals surface area contributed by atoms with E-state index in [-0.39, 0.29) is 12.1 Å². The van der Waals surface area contributed by atoms with Crippen molar-refractivity contribution in [2.45, 2.75) is 258 Å². The Morgan fingerprint density at radius 1 is 0.391 bits per heavy atom. The van der Waals surface area contributed by atoms with Gasteiger partial charge in [0.1, 0.15) is 6.10 Å². The summed E-state index contributed by atoms with van der Waals surface area (Å²) in [5.41, 5.74) is 0. The third-order valence-electron chi connectivity index (χ3n) is 9.83. The fourth-order valence-corrected chi connectivity index (χ4v) is 6.72. The highest BCUT2D eigenvalue weighted by molar-refractivity contribution is 5.69. The minimum atomic E-state index is -0.683. The molecule has 274 valence electrons. The van der Waals surface area contributed by atoms with E-state index in [4.69, 9.17) is 9.84 Å². The molecule has 0 saturated heterocycles. The number of carbonyl (C=O) groups excluding carboxylic acids is 1. The van der Waals surface area contributed by atoms with Crippen LogP contribution in [0.4, 0.5) is 0 Å². The maximum absolute atomic E-state index is 12.7. The maximum atomic E-state index is 12.7.